The molecule has 0 radical (unpaired) electrons. The Hall–Kier alpha value is -0.950. The van der Waals surface area contributed by atoms with Crippen LogP contribution in [0.2, 0.25) is 4.34 Å². The number of carbonyl (C=O) groups excluding carboxylic acids is 1. The number of thiophene rings is 1. The zero-order chi connectivity index (χ0) is 16.6. The van der Waals surface area contributed by atoms with Gasteiger partial charge in [-0.25, -0.2) is 4.98 Å². The van der Waals surface area contributed by atoms with Crippen LogP contribution in [0, 0.1) is 5.41 Å². The molecule has 1 saturated heterocycles. The minimum atomic E-state index is -0.0329. The van der Waals surface area contributed by atoms with Crippen LogP contribution in [-0.2, 0) is 11.2 Å². The van der Waals surface area contributed by atoms with Crippen LogP contribution >= 0.6 is 34.3 Å². The summed E-state index contributed by atoms with van der Waals surface area (Å²) in [5.41, 5.74) is 6.93. The van der Waals surface area contributed by atoms with Gasteiger partial charge in [-0.1, -0.05) is 25.4 Å². The first-order valence-electron chi connectivity index (χ1n) is 7.58. The molecule has 23 heavy (non-hydrogen) atoms. The van der Waals surface area contributed by atoms with E-state index in [1.807, 2.05) is 22.4 Å². The summed E-state index contributed by atoms with van der Waals surface area (Å²) in [5, 5.41) is 2.88. The summed E-state index contributed by atoms with van der Waals surface area (Å²) in [6.07, 6.45) is 1.20. The molecule has 2 aromatic rings. The van der Waals surface area contributed by atoms with Crippen molar-refractivity contribution in [3.05, 3.63) is 27.5 Å². The molecule has 4 nitrogen and oxygen atoms in total. The third-order valence-electron chi connectivity index (χ3n) is 4.33. The minimum Gasteiger partial charge on any atom is -0.342 e. The molecule has 1 amide bonds. The highest BCUT2D eigenvalue weighted by atomic mass is 35.5. The van der Waals surface area contributed by atoms with Gasteiger partial charge in [-0.15, -0.1) is 22.7 Å². The Morgan fingerprint density at radius 2 is 2.30 bits per heavy atom. The van der Waals surface area contributed by atoms with Crippen molar-refractivity contribution in [2.45, 2.75) is 32.7 Å². The Labute approximate surface area is 149 Å². The first kappa shape index (κ1) is 16.9. The van der Waals surface area contributed by atoms with Crippen molar-refractivity contribution < 1.29 is 4.79 Å². The van der Waals surface area contributed by atoms with Gasteiger partial charge >= 0.3 is 0 Å². The van der Waals surface area contributed by atoms with Crippen LogP contribution < -0.4 is 5.73 Å². The van der Waals surface area contributed by atoms with E-state index in [0.29, 0.717) is 13.0 Å². The van der Waals surface area contributed by atoms with Crippen molar-refractivity contribution in [3.8, 4) is 9.88 Å². The Bertz CT molecular complexity index is 710. The molecule has 0 aromatic carbocycles. The van der Waals surface area contributed by atoms with Crippen LogP contribution in [0.4, 0.5) is 0 Å². The number of nitrogens with zero attached hydrogens (tertiary/aromatic N) is 2. The number of hydrogen-bond acceptors (Lipinski definition) is 5. The van der Waals surface area contributed by atoms with E-state index in [0.717, 1.165) is 32.9 Å². The summed E-state index contributed by atoms with van der Waals surface area (Å²) >= 11 is 9.03. The normalized spacial score (nSPS) is 20.7. The second kappa shape index (κ2) is 6.51. The first-order chi connectivity index (χ1) is 10.8. The van der Waals surface area contributed by atoms with Gasteiger partial charge in [-0.3, -0.25) is 4.79 Å². The number of likely N-dealkylation sites (tertiary alicyclic amines) is 1. The molecular formula is C16H20ClN3OS2. The van der Waals surface area contributed by atoms with E-state index < -0.39 is 0 Å². The maximum Gasteiger partial charge on any atom is 0.228 e. The van der Waals surface area contributed by atoms with Crippen LogP contribution in [-0.4, -0.2) is 34.9 Å². The van der Waals surface area contributed by atoms with Crippen LogP contribution in [0.15, 0.2) is 17.5 Å². The molecule has 1 fully saturated rings. The molecule has 3 heterocycles. The SMILES string of the molecule is CC1(C)CN(C(=O)Cc2csc(-c3ccc(Cl)s3)n2)CCC1N. The van der Waals surface area contributed by atoms with E-state index in [4.69, 9.17) is 17.3 Å². The van der Waals surface area contributed by atoms with E-state index in [2.05, 4.69) is 18.8 Å². The number of aromatic nitrogens is 1. The monoisotopic (exact) mass is 369 g/mol. The van der Waals surface area contributed by atoms with Crippen LogP contribution in [0.3, 0.4) is 0 Å². The Morgan fingerprint density at radius 1 is 1.52 bits per heavy atom. The average Bonchev–Trinajstić information content (AvgIpc) is 3.10. The highest BCUT2D eigenvalue weighted by Gasteiger charge is 2.35. The smallest absolute Gasteiger partial charge is 0.228 e. The number of nitrogens with two attached hydrogens (primary N) is 1. The number of thiazole rings is 1. The zero-order valence-electron chi connectivity index (χ0n) is 13.2. The molecule has 1 aliphatic rings. The lowest BCUT2D eigenvalue weighted by Crippen LogP contribution is -2.54. The van der Waals surface area contributed by atoms with Gasteiger partial charge in [0.1, 0.15) is 5.01 Å². The number of piperidine rings is 1. The largest absolute Gasteiger partial charge is 0.342 e. The van der Waals surface area contributed by atoms with Gasteiger partial charge in [0.15, 0.2) is 0 Å². The van der Waals surface area contributed by atoms with Gasteiger partial charge in [-0.2, -0.15) is 0 Å². The number of halogens is 1. The van der Waals surface area contributed by atoms with Gasteiger partial charge in [0.05, 0.1) is 21.3 Å². The molecule has 1 atom stereocenters. The van der Waals surface area contributed by atoms with Crippen molar-refractivity contribution in [1.82, 2.24) is 9.88 Å². The van der Waals surface area contributed by atoms with Crippen molar-refractivity contribution in [3.63, 3.8) is 0 Å². The van der Waals surface area contributed by atoms with E-state index in [1.165, 1.54) is 11.3 Å². The predicted molar refractivity (Wildman–Crippen MR) is 97.1 cm³/mol. The van der Waals surface area contributed by atoms with E-state index in [9.17, 15) is 4.79 Å². The average molecular weight is 370 g/mol. The van der Waals surface area contributed by atoms with E-state index >= 15 is 0 Å². The van der Waals surface area contributed by atoms with Crippen molar-refractivity contribution in [2.75, 3.05) is 13.1 Å². The van der Waals surface area contributed by atoms with E-state index in [1.54, 1.807) is 11.3 Å². The first-order valence-corrected chi connectivity index (χ1v) is 9.66. The van der Waals surface area contributed by atoms with Crippen LogP contribution in [0.5, 0.6) is 0 Å². The molecule has 0 saturated carbocycles. The lowest BCUT2D eigenvalue weighted by Gasteiger charge is -2.42. The second-order valence-corrected chi connectivity index (χ2v) is 9.20. The van der Waals surface area contributed by atoms with Crippen molar-refractivity contribution in [1.29, 1.82) is 0 Å². The molecular weight excluding hydrogens is 350 g/mol. The quantitative estimate of drug-likeness (QED) is 0.898. The maximum atomic E-state index is 12.5. The van der Waals surface area contributed by atoms with Gasteiger partial charge in [-0.05, 0) is 24.0 Å². The molecule has 7 heteroatoms. The minimum absolute atomic E-state index is 0.0329. The summed E-state index contributed by atoms with van der Waals surface area (Å²) in [6, 6.07) is 3.99. The molecule has 3 rings (SSSR count). The summed E-state index contributed by atoms with van der Waals surface area (Å²) < 4.78 is 0.750. The maximum absolute atomic E-state index is 12.5. The topological polar surface area (TPSA) is 59.2 Å². The molecule has 2 N–H and O–H groups in total. The fourth-order valence-corrected chi connectivity index (χ4v) is 4.72. The van der Waals surface area contributed by atoms with Crippen molar-refractivity contribution >= 4 is 40.2 Å². The predicted octanol–water partition coefficient (Wildman–Crippen LogP) is 3.65. The highest BCUT2D eigenvalue weighted by Crippen LogP contribution is 2.33. The molecule has 1 aliphatic heterocycles. The molecule has 0 bridgehead atoms. The van der Waals surface area contributed by atoms with Gasteiger partial charge in [0, 0.05) is 24.5 Å². The molecule has 0 aliphatic carbocycles. The number of hydrogen-bond donors (Lipinski definition) is 1. The third kappa shape index (κ3) is 3.76. The summed E-state index contributed by atoms with van der Waals surface area (Å²) in [5.74, 6) is 0.131. The summed E-state index contributed by atoms with van der Waals surface area (Å²) in [7, 11) is 0. The molecule has 2 aromatic heterocycles. The summed E-state index contributed by atoms with van der Waals surface area (Å²) in [4.78, 5) is 20.1. The fourth-order valence-electron chi connectivity index (χ4n) is 2.78. The fraction of sp³-hybridized carbons (Fsp3) is 0.500. The number of rotatable bonds is 3. The summed E-state index contributed by atoms with van der Waals surface area (Å²) in [6.45, 7) is 5.70. The van der Waals surface area contributed by atoms with Gasteiger partial charge < -0.3 is 10.6 Å². The lowest BCUT2D eigenvalue weighted by atomic mass is 9.79. The number of amides is 1. The number of carbonyl (C=O) groups is 1. The Kier molecular flexibility index (Phi) is 4.78. The van der Waals surface area contributed by atoms with Crippen LogP contribution in [0.1, 0.15) is 26.0 Å². The van der Waals surface area contributed by atoms with Gasteiger partial charge in [0.25, 0.3) is 0 Å². The molecule has 0 spiro atoms. The van der Waals surface area contributed by atoms with Gasteiger partial charge in [0.2, 0.25) is 5.91 Å². The zero-order valence-corrected chi connectivity index (χ0v) is 15.6. The standard InChI is InChI=1S/C16H20ClN3OS2/c1-16(2)9-20(6-5-12(16)18)14(21)7-10-8-22-15(19-10)11-3-4-13(17)23-11/h3-4,8,12H,5-7,9,18H2,1-2H3. The lowest BCUT2D eigenvalue weighted by molar-refractivity contribution is -0.133. The Balaban J connectivity index is 1.66. The van der Waals surface area contributed by atoms with Crippen molar-refractivity contribution in [2.24, 2.45) is 11.1 Å². The third-order valence-corrected chi connectivity index (χ3v) is 6.62. The Morgan fingerprint density at radius 3 is 2.96 bits per heavy atom. The highest BCUT2D eigenvalue weighted by molar-refractivity contribution is 7.23. The van der Waals surface area contributed by atoms with Crippen LogP contribution in [0.25, 0.3) is 9.88 Å². The molecule has 124 valence electrons. The second-order valence-electron chi connectivity index (χ2n) is 6.62. The molecule has 1 unspecified atom stereocenters. The van der Waals surface area contributed by atoms with E-state index in [-0.39, 0.29) is 17.4 Å².